The number of hydrogen-bond donors (Lipinski definition) is 2. The minimum atomic E-state index is -0.221. The number of phenols is 1. The fourth-order valence-corrected chi connectivity index (χ4v) is 3.58. The summed E-state index contributed by atoms with van der Waals surface area (Å²) in [5, 5.41) is 13.9. The van der Waals surface area contributed by atoms with Crippen molar-refractivity contribution in [3.05, 3.63) is 82.5 Å². The van der Waals surface area contributed by atoms with E-state index < -0.39 is 0 Å². The van der Waals surface area contributed by atoms with Gasteiger partial charge in [0.05, 0.1) is 34.1 Å². The summed E-state index contributed by atoms with van der Waals surface area (Å²) < 4.78 is 21.5. The van der Waals surface area contributed by atoms with E-state index in [1.54, 1.807) is 57.7 Å². The van der Waals surface area contributed by atoms with Crippen molar-refractivity contribution in [1.82, 2.24) is 0 Å². The first kappa shape index (κ1) is 25.5. The maximum absolute atomic E-state index is 12.4. The van der Waals surface area contributed by atoms with Crippen molar-refractivity contribution in [3.63, 3.8) is 0 Å². The van der Waals surface area contributed by atoms with Crippen molar-refractivity contribution in [2.45, 2.75) is 0 Å². The second-order valence-electron chi connectivity index (χ2n) is 7.27. The fraction of sp³-hybridized carbons (Fsp3) is 0.148. The zero-order valence-corrected chi connectivity index (χ0v) is 20.6. The van der Waals surface area contributed by atoms with Gasteiger partial charge in [-0.15, -0.1) is 0 Å². The Hall–Kier alpha value is -4.10. The number of methoxy groups -OCH3 is 4. The molecule has 0 aliphatic heterocycles. The van der Waals surface area contributed by atoms with Crippen LogP contribution in [0.4, 0.5) is 5.69 Å². The monoisotopic (exact) mass is 495 g/mol. The molecule has 35 heavy (non-hydrogen) atoms. The molecule has 3 aromatic carbocycles. The van der Waals surface area contributed by atoms with E-state index in [9.17, 15) is 9.90 Å². The molecule has 182 valence electrons. The molecule has 0 saturated carbocycles. The molecule has 0 aliphatic carbocycles. The Balaban J connectivity index is 1.85. The molecule has 0 heterocycles. The Morgan fingerprint density at radius 1 is 0.857 bits per heavy atom. The lowest BCUT2D eigenvalue weighted by atomic mass is 10.1. The number of halogens is 1. The number of benzene rings is 3. The third-order valence-corrected chi connectivity index (χ3v) is 5.27. The van der Waals surface area contributed by atoms with E-state index in [0.717, 1.165) is 5.56 Å². The zero-order valence-electron chi connectivity index (χ0n) is 19.8. The summed E-state index contributed by atoms with van der Waals surface area (Å²) in [6.45, 7) is 0. The number of hydrogen-bond acceptors (Lipinski definition) is 7. The minimum absolute atomic E-state index is 0.0587. The molecule has 7 nitrogen and oxygen atoms in total. The molecular weight excluding hydrogens is 470 g/mol. The Morgan fingerprint density at radius 2 is 1.49 bits per heavy atom. The number of ketones is 1. The smallest absolute Gasteiger partial charge is 0.203 e. The lowest BCUT2D eigenvalue weighted by Gasteiger charge is -2.13. The summed E-state index contributed by atoms with van der Waals surface area (Å²) in [5.74, 6) is 1.52. The summed E-state index contributed by atoms with van der Waals surface area (Å²) in [7, 11) is 6.10. The van der Waals surface area contributed by atoms with Crippen molar-refractivity contribution < 1.29 is 28.8 Å². The molecule has 3 rings (SSSR count). The van der Waals surface area contributed by atoms with Crippen molar-refractivity contribution in [1.29, 1.82) is 0 Å². The molecule has 3 aromatic rings. The average Bonchev–Trinajstić information content (AvgIpc) is 2.86. The number of ether oxygens (including phenoxy) is 4. The first-order chi connectivity index (χ1) is 16.9. The maximum atomic E-state index is 12.4. The highest BCUT2D eigenvalue weighted by Crippen LogP contribution is 2.39. The van der Waals surface area contributed by atoms with E-state index in [2.05, 4.69) is 5.32 Å². The third kappa shape index (κ3) is 6.28. The fourth-order valence-electron chi connectivity index (χ4n) is 3.39. The van der Waals surface area contributed by atoms with Crippen molar-refractivity contribution in [2.75, 3.05) is 33.8 Å². The molecule has 0 saturated heterocycles. The van der Waals surface area contributed by atoms with Crippen LogP contribution in [-0.4, -0.2) is 39.3 Å². The van der Waals surface area contributed by atoms with Crippen LogP contribution >= 0.6 is 11.6 Å². The predicted octanol–water partition coefficient (Wildman–Crippen LogP) is 6.06. The first-order valence-corrected chi connectivity index (χ1v) is 10.9. The highest BCUT2D eigenvalue weighted by atomic mass is 35.5. The Kier molecular flexibility index (Phi) is 8.64. The first-order valence-electron chi connectivity index (χ1n) is 10.5. The van der Waals surface area contributed by atoms with Crippen LogP contribution in [-0.2, 0) is 0 Å². The standard InChI is InChI=1S/C27H26ClNO6/c1-32-24-14-18(15-25(33-2)27(24)35-4)9-8-17-12-21(26(34-3)23(31)13-17)29-11-10-22(30)19-6-5-7-20(28)16-19/h5-16,29,31H,1-4H3/b9-8-,11-10-. The van der Waals surface area contributed by atoms with Crippen LogP contribution in [0.3, 0.4) is 0 Å². The average molecular weight is 496 g/mol. The van der Waals surface area contributed by atoms with E-state index in [-0.39, 0.29) is 17.3 Å². The molecule has 0 amide bonds. The van der Waals surface area contributed by atoms with E-state index in [4.69, 9.17) is 30.5 Å². The number of rotatable bonds is 10. The van der Waals surface area contributed by atoms with Gasteiger partial charge in [0.2, 0.25) is 5.75 Å². The van der Waals surface area contributed by atoms with Gasteiger partial charge < -0.3 is 29.4 Å². The highest BCUT2D eigenvalue weighted by molar-refractivity contribution is 6.31. The normalized spacial score (nSPS) is 11.0. The molecule has 8 heteroatoms. The molecule has 0 atom stereocenters. The van der Waals surface area contributed by atoms with Gasteiger partial charge in [-0.1, -0.05) is 35.9 Å². The summed E-state index contributed by atoms with van der Waals surface area (Å²) in [6.07, 6.45) is 6.51. The van der Waals surface area contributed by atoms with E-state index in [0.29, 0.717) is 39.1 Å². The molecule has 0 aromatic heterocycles. The van der Waals surface area contributed by atoms with Gasteiger partial charge in [0.25, 0.3) is 0 Å². The second kappa shape index (κ2) is 11.9. The van der Waals surface area contributed by atoms with E-state index in [1.807, 2.05) is 24.3 Å². The van der Waals surface area contributed by atoms with Crippen LogP contribution in [0.2, 0.25) is 5.02 Å². The van der Waals surface area contributed by atoms with Gasteiger partial charge in [0, 0.05) is 22.9 Å². The molecular formula is C27H26ClNO6. The van der Waals surface area contributed by atoms with Crippen LogP contribution < -0.4 is 24.3 Å². The Morgan fingerprint density at radius 3 is 2.06 bits per heavy atom. The summed E-state index contributed by atoms with van der Waals surface area (Å²) in [6, 6.07) is 13.7. The second-order valence-corrected chi connectivity index (χ2v) is 7.70. The lowest BCUT2D eigenvalue weighted by molar-refractivity contribution is 0.104. The summed E-state index contributed by atoms with van der Waals surface area (Å²) in [4.78, 5) is 12.4. The van der Waals surface area contributed by atoms with Crippen LogP contribution in [0.1, 0.15) is 21.5 Å². The van der Waals surface area contributed by atoms with Gasteiger partial charge in [-0.25, -0.2) is 0 Å². The Labute approximate surface area is 209 Å². The molecule has 0 fully saturated rings. The predicted molar refractivity (Wildman–Crippen MR) is 138 cm³/mol. The number of carbonyl (C=O) groups excluding carboxylic acids is 1. The lowest BCUT2D eigenvalue weighted by Crippen LogP contribution is -1.98. The van der Waals surface area contributed by atoms with Gasteiger partial charge in [-0.2, -0.15) is 0 Å². The number of anilines is 1. The van der Waals surface area contributed by atoms with Crippen LogP contribution in [0, 0.1) is 0 Å². The van der Waals surface area contributed by atoms with Crippen molar-refractivity contribution in [2.24, 2.45) is 0 Å². The highest BCUT2D eigenvalue weighted by Gasteiger charge is 2.13. The minimum Gasteiger partial charge on any atom is -0.504 e. The molecule has 2 N–H and O–H groups in total. The van der Waals surface area contributed by atoms with Gasteiger partial charge >= 0.3 is 0 Å². The number of allylic oxidation sites excluding steroid dienone is 1. The number of carbonyl (C=O) groups is 1. The molecule has 0 spiro atoms. The van der Waals surface area contributed by atoms with E-state index >= 15 is 0 Å². The maximum Gasteiger partial charge on any atom is 0.203 e. The van der Waals surface area contributed by atoms with Gasteiger partial charge in [0.15, 0.2) is 28.8 Å². The molecule has 0 unspecified atom stereocenters. The number of aromatic hydroxyl groups is 1. The summed E-state index contributed by atoms with van der Waals surface area (Å²) >= 11 is 5.95. The Bertz CT molecular complexity index is 1240. The van der Waals surface area contributed by atoms with E-state index in [1.165, 1.54) is 19.4 Å². The zero-order chi connectivity index (χ0) is 25.4. The number of phenolic OH excluding ortho intramolecular Hbond substituents is 1. The van der Waals surface area contributed by atoms with Gasteiger partial charge in [-0.3, -0.25) is 4.79 Å². The largest absolute Gasteiger partial charge is 0.504 e. The van der Waals surface area contributed by atoms with Gasteiger partial charge in [0.1, 0.15) is 0 Å². The van der Waals surface area contributed by atoms with Gasteiger partial charge in [-0.05, 0) is 47.5 Å². The SMILES string of the molecule is COc1cc(/C=C\c2cc(O)c(OC)c(N/C=C\C(=O)c3cccc(Cl)c3)c2)cc(OC)c1OC. The number of nitrogens with one attached hydrogen (secondary N) is 1. The molecule has 0 radical (unpaired) electrons. The molecule has 0 bridgehead atoms. The van der Waals surface area contributed by atoms with Crippen LogP contribution in [0.25, 0.3) is 12.2 Å². The molecule has 0 aliphatic rings. The van der Waals surface area contributed by atoms with Crippen molar-refractivity contribution >= 4 is 35.2 Å². The quantitative estimate of drug-likeness (QED) is 0.201. The van der Waals surface area contributed by atoms with Crippen LogP contribution in [0.15, 0.2) is 60.8 Å². The van der Waals surface area contributed by atoms with Crippen molar-refractivity contribution in [3.8, 4) is 28.7 Å². The summed E-state index contributed by atoms with van der Waals surface area (Å²) in [5.41, 5.74) is 2.44. The topological polar surface area (TPSA) is 86.2 Å². The third-order valence-electron chi connectivity index (χ3n) is 5.03. The van der Waals surface area contributed by atoms with Crippen LogP contribution in [0.5, 0.6) is 28.7 Å².